The number of hydrogen-bond donors (Lipinski definition) is 3. The van der Waals surface area contributed by atoms with Gasteiger partial charge in [0, 0.05) is 32.7 Å². The van der Waals surface area contributed by atoms with Crippen LogP contribution in [0.25, 0.3) is 0 Å². The van der Waals surface area contributed by atoms with E-state index in [4.69, 9.17) is 5.73 Å². The summed E-state index contributed by atoms with van der Waals surface area (Å²) in [6, 6.07) is 3.22. The minimum atomic E-state index is -0.485. The van der Waals surface area contributed by atoms with Gasteiger partial charge in [0.25, 0.3) is 5.91 Å². The number of rotatable bonds is 6. The lowest BCUT2D eigenvalue weighted by molar-refractivity contribution is 0.0960. The molecule has 2 heterocycles. The van der Waals surface area contributed by atoms with Gasteiger partial charge in [-0.05, 0) is 30.4 Å². The molecule has 6 nitrogen and oxygen atoms in total. The summed E-state index contributed by atoms with van der Waals surface area (Å²) in [6.07, 6.45) is 0.938. The maximum Gasteiger partial charge on any atom is 0.312 e. The predicted octanol–water partition coefficient (Wildman–Crippen LogP) is 1.17. The molecule has 0 unspecified atom stereocenters. The zero-order valence-electron chi connectivity index (χ0n) is 12.7. The second-order valence-electron chi connectivity index (χ2n) is 5.36. The SMILES string of the molecule is CC1=C(CNC(=O)c2cccs2)CCN(CCNC(N)=O)C1. The van der Waals surface area contributed by atoms with E-state index in [2.05, 4.69) is 22.5 Å². The number of nitrogens with two attached hydrogens (primary N) is 1. The van der Waals surface area contributed by atoms with Crippen molar-refractivity contribution in [2.24, 2.45) is 5.73 Å². The average Bonchev–Trinajstić information content (AvgIpc) is 3.00. The molecule has 2 rings (SSSR count). The molecule has 0 atom stereocenters. The zero-order valence-corrected chi connectivity index (χ0v) is 13.5. The first-order valence-electron chi connectivity index (χ1n) is 7.31. The second-order valence-corrected chi connectivity index (χ2v) is 6.31. The molecule has 1 aromatic rings. The van der Waals surface area contributed by atoms with Crippen molar-refractivity contribution in [2.75, 3.05) is 32.7 Å². The van der Waals surface area contributed by atoms with E-state index in [9.17, 15) is 9.59 Å². The van der Waals surface area contributed by atoms with Gasteiger partial charge in [0.2, 0.25) is 0 Å². The molecule has 1 aliphatic heterocycles. The van der Waals surface area contributed by atoms with Gasteiger partial charge in [0.05, 0.1) is 4.88 Å². The monoisotopic (exact) mass is 322 g/mol. The van der Waals surface area contributed by atoms with Crippen molar-refractivity contribution >= 4 is 23.3 Å². The summed E-state index contributed by atoms with van der Waals surface area (Å²) in [5.74, 6) is -0.0108. The Morgan fingerprint density at radius 1 is 1.41 bits per heavy atom. The van der Waals surface area contributed by atoms with E-state index in [1.165, 1.54) is 22.5 Å². The Morgan fingerprint density at radius 2 is 2.23 bits per heavy atom. The van der Waals surface area contributed by atoms with Crippen molar-refractivity contribution in [1.82, 2.24) is 15.5 Å². The third-order valence-electron chi connectivity index (χ3n) is 3.73. The van der Waals surface area contributed by atoms with Gasteiger partial charge in [-0.15, -0.1) is 11.3 Å². The number of primary amides is 1. The minimum Gasteiger partial charge on any atom is -0.352 e. The zero-order chi connectivity index (χ0) is 15.9. The van der Waals surface area contributed by atoms with Gasteiger partial charge in [0.1, 0.15) is 0 Å². The Hall–Kier alpha value is -1.86. The Morgan fingerprint density at radius 3 is 2.86 bits per heavy atom. The molecule has 0 aromatic carbocycles. The Bertz CT molecular complexity index is 554. The molecule has 0 aliphatic carbocycles. The molecule has 0 bridgehead atoms. The molecule has 0 spiro atoms. The minimum absolute atomic E-state index is 0.0108. The number of hydrogen-bond acceptors (Lipinski definition) is 4. The van der Waals surface area contributed by atoms with Crippen LogP contribution in [0.3, 0.4) is 0 Å². The molecule has 0 saturated heterocycles. The van der Waals surface area contributed by atoms with E-state index in [0.29, 0.717) is 13.1 Å². The van der Waals surface area contributed by atoms with Crippen molar-refractivity contribution in [3.63, 3.8) is 0 Å². The third kappa shape index (κ3) is 4.85. The number of thiophene rings is 1. The fourth-order valence-electron chi connectivity index (χ4n) is 2.48. The van der Waals surface area contributed by atoms with Crippen LogP contribution in [0.1, 0.15) is 23.0 Å². The molecule has 1 aromatic heterocycles. The topological polar surface area (TPSA) is 87.5 Å². The van der Waals surface area contributed by atoms with Crippen LogP contribution in [-0.2, 0) is 0 Å². The molecule has 0 fully saturated rings. The second kappa shape index (κ2) is 7.95. The molecule has 120 valence electrons. The lowest BCUT2D eigenvalue weighted by atomic mass is 10.0. The van der Waals surface area contributed by atoms with Gasteiger partial charge in [0.15, 0.2) is 0 Å². The number of nitrogens with zero attached hydrogens (tertiary/aromatic N) is 1. The molecule has 0 radical (unpaired) electrons. The highest BCUT2D eigenvalue weighted by molar-refractivity contribution is 7.12. The fourth-order valence-corrected chi connectivity index (χ4v) is 3.12. The van der Waals surface area contributed by atoms with Gasteiger partial charge in [-0.25, -0.2) is 4.79 Å². The van der Waals surface area contributed by atoms with E-state index in [1.54, 1.807) is 0 Å². The molecule has 22 heavy (non-hydrogen) atoms. The van der Waals surface area contributed by atoms with Crippen LogP contribution >= 0.6 is 11.3 Å². The number of carbonyl (C=O) groups excluding carboxylic acids is 2. The fraction of sp³-hybridized carbons (Fsp3) is 0.467. The maximum atomic E-state index is 11.9. The molecule has 7 heteroatoms. The predicted molar refractivity (Wildman–Crippen MR) is 88.0 cm³/mol. The quantitative estimate of drug-likeness (QED) is 0.687. The largest absolute Gasteiger partial charge is 0.352 e. The van der Waals surface area contributed by atoms with Gasteiger partial charge < -0.3 is 16.4 Å². The smallest absolute Gasteiger partial charge is 0.312 e. The lowest BCUT2D eigenvalue weighted by Gasteiger charge is -2.29. The van der Waals surface area contributed by atoms with E-state index < -0.39 is 6.03 Å². The van der Waals surface area contributed by atoms with Gasteiger partial charge in [-0.1, -0.05) is 11.6 Å². The van der Waals surface area contributed by atoms with Crippen LogP contribution in [0, 0.1) is 0 Å². The van der Waals surface area contributed by atoms with Crippen molar-refractivity contribution in [1.29, 1.82) is 0 Å². The Labute approximate surface area is 134 Å². The van der Waals surface area contributed by atoms with E-state index >= 15 is 0 Å². The summed E-state index contributed by atoms with van der Waals surface area (Å²) in [5.41, 5.74) is 7.63. The number of urea groups is 1. The molecular formula is C15H22N4O2S. The first kappa shape index (κ1) is 16.5. The summed E-state index contributed by atoms with van der Waals surface area (Å²) in [7, 11) is 0. The van der Waals surface area contributed by atoms with E-state index in [1.807, 2.05) is 17.5 Å². The summed E-state index contributed by atoms with van der Waals surface area (Å²) in [5, 5.41) is 7.48. The standard InChI is InChI=1S/C15H22N4O2S/c1-11-10-19(7-5-17-15(16)21)6-4-12(11)9-18-14(20)13-3-2-8-22-13/h2-3,8H,4-7,9-10H2,1H3,(H,18,20)(H3,16,17,21). The molecule has 1 aliphatic rings. The van der Waals surface area contributed by atoms with Crippen LogP contribution in [0.4, 0.5) is 4.79 Å². The summed E-state index contributed by atoms with van der Waals surface area (Å²) in [4.78, 5) is 25.6. The van der Waals surface area contributed by atoms with Crippen LogP contribution in [0.15, 0.2) is 28.7 Å². The van der Waals surface area contributed by atoms with Gasteiger partial charge in [-0.2, -0.15) is 0 Å². The van der Waals surface area contributed by atoms with Crippen molar-refractivity contribution in [3.05, 3.63) is 33.5 Å². The Balaban J connectivity index is 1.78. The summed E-state index contributed by atoms with van der Waals surface area (Å²) < 4.78 is 0. The highest BCUT2D eigenvalue weighted by atomic mass is 32.1. The third-order valence-corrected chi connectivity index (χ3v) is 4.60. The summed E-state index contributed by atoms with van der Waals surface area (Å²) >= 11 is 1.45. The maximum absolute atomic E-state index is 11.9. The molecule has 0 saturated carbocycles. The molecule has 3 amide bonds. The van der Waals surface area contributed by atoms with Crippen LogP contribution in [0.2, 0.25) is 0 Å². The first-order chi connectivity index (χ1) is 10.6. The molecule has 4 N–H and O–H groups in total. The van der Waals surface area contributed by atoms with Crippen molar-refractivity contribution < 1.29 is 9.59 Å². The first-order valence-corrected chi connectivity index (χ1v) is 8.19. The van der Waals surface area contributed by atoms with Gasteiger partial charge >= 0.3 is 6.03 Å². The van der Waals surface area contributed by atoms with Crippen LogP contribution < -0.4 is 16.4 Å². The van der Waals surface area contributed by atoms with Gasteiger partial charge in [-0.3, -0.25) is 9.69 Å². The number of amides is 3. The summed E-state index contributed by atoms with van der Waals surface area (Å²) in [6.45, 7) is 5.85. The van der Waals surface area contributed by atoms with E-state index in [-0.39, 0.29) is 5.91 Å². The highest BCUT2D eigenvalue weighted by Gasteiger charge is 2.17. The normalized spacial score (nSPS) is 15.7. The van der Waals surface area contributed by atoms with Crippen LogP contribution in [-0.4, -0.2) is 49.6 Å². The van der Waals surface area contributed by atoms with Crippen molar-refractivity contribution in [3.8, 4) is 0 Å². The number of nitrogens with one attached hydrogen (secondary N) is 2. The Kier molecular flexibility index (Phi) is 5.97. The van der Waals surface area contributed by atoms with Crippen LogP contribution in [0.5, 0.6) is 0 Å². The number of carbonyl (C=O) groups is 2. The van der Waals surface area contributed by atoms with Crippen molar-refractivity contribution in [2.45, 2.75) is 13.3 Å². The average molecular weight is 322 g/mol. The van der Waals surface area contributed by atoms with E-state index in [0.717, 1.165) is 30.9 Å². The molecular weight excluding hydrogens is 300 g/mol. The lowest BCUT2D eigenvalue weighted by Crippen LogP contribution is -2.40. The highest BCUT2D eigenvalue weighted by Crippen LogP contribution is 2.17.